The van der Waals surface area contributed by atoms with Gasteiger partial charge in [-0.3, -0.25) is 4.79 Å². The molecule has 1 saturated carbocycles. The lowest BCUT2D eigenvalue weighted by atomic mass is 9.46. The van der Waals surface area contributed by atoms with Crippen LogP contribution < -0.4 is 4.90 Å². The first-order valence-corrected chi connectivity index (χ1v) is 12.3. The molecule has 1 aromatic carbocycles. The van der Waals surface area contributed by atoms with Gasteiger partial charge in [0.05, 0.1) is 5.60 Å². The van der Waals surface area contributed by atoms with Crippen molar-refractivity contribution in [3.05, 3.63) is 64.8 Å². The first kappa shape index (κ1) is 22.2. The highest BCUT2D eigenvalue weighted by Crippen LogP contribution is 2.64. The van der Waals surface area contributed by atoms with E-state index in [0.29, 0.717) is 24.7 Å². The van der Waals surface area contributed by atoms with Crippen molar-refractivity contribution in [1.82, 2.24) is 0 Å². The van der Waals surface area contributed by atoms with Gasteiger partial charge in [-0.2, -0.15) is 0 Å². The van der Waals surface area contributed by atoms with E-state index < -0.39 is 5.60 Å². The maximum atomic E-state index is 12.2. The second kappa shape index (κ2) is 8.03. The molecule has 1 aromatic rings. The molecule has 0 radical (unpaired) electrons. The van der Waals surface area contributed by atoms with Crippen molar-refractivity contribution < 1.29 is 9.90 Å². The van der Waals surface area contributed by atoms with Crippen molar-refractivity contribution in [2.45, 2.75) is 63.4 Å². The van der Waals surface area contributed by atoms with E-state index in [0.717, 1.165) is 32.1 Å². The van der Waals surface area contributed by atoms with Crippen molar-refractivity contribution >= 4 is 11.5 Å². The fourth-order valence-electron chi connectivity index (χ4n) is 7.26. The van der Waals surface area contributed by atoms with Gasteiger partial charge in [0.15, 0.2) is 5.78 Å². The number of carbonyl (C=O) groups excluding carboxylic acids is 1. The molecule has 4 aliphatic carbocycles. The Morgan fingerprint density at radius 1 is 1.18 bits per heavy atom. The van der Waals surface area contributed by atoms with Gasteiger partial charge < -0.3 is 10.0 Å². The number of terminal acetylenes is 1. The minimum atomic E-state index is -0.985. The van der Waals surface area contributed by atoms with E-state index in [1.165, 1.54) is 22.4 Å². The number of fused-ring (bicyclic) bond motifs is 4. The van der Waals surface area contributed by atoms with E-state index in [2.05, 4.69) is 62.2 Å². The molecular formula is C30H35NO2. The lowest BCUT2D eigenvalue weighted by molar-refractivity contribution is -0.115. The van der Waals surface area contributed by atoms with Crippen LogP contribution in [0.3, 0.4) is 0 Å². The van der Waals surface area contributed by atoms with E-state index in [-0.39, 0.29) is 17.1 Å². The van der Waals surface area contributed by atoms with Gasteiger partial charge in [0, 0.05) is 44.0 Å². The Morgan fingerprint density at radius 2 is 1.94 bits per heavy atom. The molecule has 3 heteroatoms. The van der Waals surface area contributed by atoms with Crippen LogP contribution in [0.2, 0.25) is 0 Å². The van der Waals surface area contributed by atoms with Gasteiger partial charge >= 0.3 is 0 Å². The Kier molecular flexibility index (Phi) is 5.41. The minimum Gasteiger partial charge on any atom is -0.384 e. The first-order valence-electron chi connectivity index (χ1n) is 12.3. The number of hydrogen-bond donors (Lipinski definition) is 1. The molecule has 0 bridgehead atoms. The monoisotopic (exact) mass is 441 g/mol. The number of allylic oxidation sites excluding steroid dienone is 5. The van der Waals surface area contributed by atoms with Crippen molar-refractivity contribution in [2.24, 2.45) is 17.3 Å². The maximum absolute atomic E-state index is 12.2. The molecule has 4 aliphatic rings. The van der Waals surface area contributed by atoms with E-state index in [1.54, 1.807) is 5.57 Å². The smallest absolute Gasteiger partial charge is 0.156 e. The SMILES string of the molecule is C#CCC1(O)C=CCC2C3CCC4=CC(=O)CCC4=C3C(c3ccc(N(C)C)cc3)C[C@@]21C. The zero-order valence-corrected chi connectivity index (χ0v) is 20.1. The molecule has 33 heavy (non-hydrogen) atoms. The third-order valence-corrected chi connectivity index (χ3v) is 9.08. The molecule has 172 valence electrons. The zero-order chi connectivity index (χ0) is 23.4. The van der Waals surface area contributed by atoms with Gasteiger partial charge in [-0.25, -0.2) is 0 Å². The summed E-state index contributed by atoms with van der Waals surface area (Å²) >= 11 is 0. The average molecular weight is 442 g/mol. The number of aliphatic hydroxyl groups is 1. The van der Waals surface area contributed by atoms with Crippen LogP contribution in [0.5, 0.6) is 0 Å². The third-order valence-electron chi connectivity index (χ3n) is 9.08. The zero-order valence-electron chi connectivity index (χ0n) is 20.1. The van der Waals surface area contributed by atoms with Crippen LogP contribution in [0.4, 0.5) is 5.69 Å². The highest BCUT2D eigenvalue weighted by molar-refractivity contribution is 5.93. The van der Waals surface area contributed by atoms with Crippen LogP contribution in [0.25, 0.3) is 0 Å². The largest absolute Gasteiger partial charge is 0.384 e. The molecule has 5 rings (SSSR count). The fourth-order valence-corrected chi connectivity index (χ4v) is 7.26. The Hall–Kier alpha value is -2.57. The minimum absolute atomic E-state index is 0.232. The molecule has 0 saturated heterocycles. The second-order valence-electron chi connectivity index (χ2n) is 10.9. The van der Waals surface area contributed by atoms with Gasteiger partial charge in [-0.05, 0) is 78.9 Å². The van der Waals surface area contributed by atoms with Crippen LogP contribution in [0.15, 0.2) is 59.2 Å². The summed E-state index contributed by atoms with van der Waals surface area (Å²) < 4.78 is 0. The van der Waals surface area contributed by atoms with E-state index in [1.807, 2.05) is 12.2 Å². The predicted octanol–water partition coefficient (Wildman–Crippen LogP) is 5.57. The highest BCUT2D eigenvalue weighted by Gasteiger charge is 2.59. The number of rotatable bonds is 3. The third kappa shape index (κ3) is 3.42. The average Bonchev–Trinajstić information content (AvgIpc) is 2.79. The number of carbonyl (C=O) groups is 1. The second-order valence-corrected chi connectivity index (χ2v) is 10.9. The lowest BCUT2D eigenvalue weighted by Gasteiger charge is -2.59. The number of nitrogens with zero attached hydrogens (tertiary/aromatic N) is 1. The molecular weight excluding hydrogens is 406 g/mol. The number of ketones is 1. The van der Waals surface area contributed by atoms with Crippen molar-refractivity contribution in [1.29, 1.82) is 0 Å². The molecule has 5 atom stereocenters. The van der Waals surface area contributed by atoms with Crippen LogP contribution >= 0.6 is 0 Å². The van der Waals surface area contributed by atoms with Gasteiger partial charge in [0.1, 0.15) is 0 Å². The summed E-state index contributed by atoms with van der Waals surface area (Å²) in [5.74, 6) is 4.04. The Bertz CT molecular complexity index is 1100. The van der Waals surface area contributed by atoms with Crippen molar-refractivity contribution in [3.8, 4) is 12.3 Å². The molecule has 0 aliphatic heterocycles. The predicted molar refractivity (Wildman–Crippen MR) is 134 cm³/mol. The van der Waals surface area contributed by atoms with Gasteiger partial charge in [-0.15, -0.1) is 12.3 Å². The number of benzene rings is 1. The molecule has 3 nitrogen and oxygen atoms in total. The summed E-state index contributed by atoms with van der Waals surface area (Å²) in [4.78, 5) is 14.3. The molecule has 0 spiro atoms. The molecule has 1 fully saturated rings. The summed E-state index contributed by atoms with van der Waals surface area (Å²) in [6.07, 6.45) is 17.5. The van der Waals surface area contributed by atoms with Crippen molar-refractivity contribution in [2.75, 3.05) is 19.0 Å². The lowest BCUT2D eigenvalue weighted by Crippen LogP contribution is -2.57. The Balaban J connectivity index is 1.68. The highest BCUT2D eigenvalue weighted by atomic mass is 16.3. The molecule has 4 unspecified atom stereocenters. The first-order chi connectivity index (χ1) is 15.8. The van der Waals surface area contributed by atoms with Gasteiger partial charge in [-0.1, -0.05) is 36.8 Å². The summed E-state index contributed by atoms with van der Waals surface area (Å²) in [6, 6.07) is 8.92. The Labute approximate surface area is 198 Å². The molecule has 0 aromatic heterocycles. The number of anilines is 1. The summed E-state index contributed by atoms with van der Waals surface area (Å²) in [6.45, 7) is 2.27. The van der Waals surface area contributed by atoms with Gasteiger partial charge in [0.2, 0.25) is 0 Å². The van der Waals surface area contributed by atoms with Crippen molar-refractivity contribution in [3.63, 3.8) is 0 Å². The summed E-state index contributed by atoms with van der Waals surface area (Å²) in [5, 5.41) is 11.9. The quantitative estimate of drug-likeness (QED) is 0.492. The van der Waals surface area contributed by atoms with E-state index in [9.17, 15) is 9.90 Å². The molecule has 0 amide bonds. The normalized spacial score (nSPS) is 35.2. The van der Waals surface area contributed by atoms with Gasteiger partial charge in [0.25, 0.3) is 0 Å². The fraction of sp³-hybridized carbons (Fsp3) is 0.500. The summed E-state index contributed by atoms with van der Waals surface area (Å²) in [5.41, 5.74) is 5.46. The molecule has 0 heterocycles. The van der Waals surface area contributed by atoms with Crippen LogP contribution in [0, 0.1) is 29.6 Å². The maximum Gasteiger partial charge on any atom is 0.156 e. The summed E-state index contributed by atoms with van der Waals surface area (Å²) in [7, 11) is 4.13. The Morgan fingerprint density at radius 3 is 2.64 bits per heavy atom. The van der Waals surface area contributed by atoms with E-state index >= 15 is 0 Å². The van der Waals surface area contributed by atoms with Crippen LogP contribution in [-0.2, 0) is 4.79 Å². The molecule has 1 N–H and O–H groups in total. The topological polar surface area (TPSA) is 40.5 Å². The van der Waals surface area contributed by atoms with Crippen LogP contribution in [-0.4, -0.2) is 30.6 Å². The standard InChI is InChI=1S/C30H35NO2/c1-5-16-30(33)17-6-7-27-25-14-10-21-18-23(32)13-15-24(21)28(25)26(19-29(27,30)2)20-8-11-22(12-9-20)31(3)4/h1,6,8-9,11-12,17-18,25-27,33H,7,10,13-16,19H2,2-4H3/t25?,26?,27?,29-,30?/m0/s1. The van der Waals surface area contributed by atoms with E-state index in [4.69, 9.17) is 6.42 Å². The van der Waals surface area contributed by atoms with Crippen LogP contribution in [0.1, 0.15) is 63.4 Å². The number of hydrogen-bond acceptors (Lipinski definition) is 3.